The van der Waals surface area contributed by atoms with Gasteiger partial charge in [0.15, 0.2) is 5.82 Å². The van der Waals surface area contributed by atoms with Gasteiger partial charge in [0, 0.05) is 17.3 Å². The van der Waals surface area contributed by atoms with Crippen molar-refractivity contribution in [1.29, 1.82) is 0 Å². The van der Waals surface area contributed by atoms with Crippen molar-refractivity contribution in [3.8, 4) is 0 Å². The van der Waals surface area contributed by atoms with Gasteiger partial charge in [-0.25, -0.2) is 8.78 Å². The third-order valence-corrected chi connectivity index (χ3v) is 3.38. The van der Waals surface area contributed by atoms with Crippen molar-refractivity contribution >= 4 is 40.5 Å². The Kier molecular flexibility index (Phi) is 4.50. The van der Waals surface area contributed by atoms with Crippen molar-refractivity contribution < 1.29 is 8.78 Å². The molecule has 2 aromatic carbocycles. The van der Waals surface area contributed by atoms with Crippen molar-refractivity contribution in [2.45, 2.75) is 6.54 Å². The van der Waals surface area contributed by atoms with Crippen LogP contribution >= 0.6 is 34.8 Å². The van der Waals surface area contributed by atoms with Gasteiger partial charge in [-0.15, -0.1) is 0 Å². The largest absolute Gasteiger partial charge is 0.381 e. The van der Waals surface area contributed by atoms with Gasteiger partial charge < -0.3 is 5.32 Å². The summed E-state index contributed by atoms with van der Waals surface area (Å²) >= 11 is 17.2. The van der Waals surface area contributed by atoms with Gasteiger partial charge >= 0.3 is 0 Å². The molecule has 0 saturated heterocycles. The van der Waals surface area contributed by atoms with Crippen LogP contribution < -0.4 is 5.32 Å². The van der Waals surface area contributed by atoms with Crippen molar-refractivity contribution in [2.24, 2.45) is 0 Å². The van der Waals surface area contributed by atoms with Crippen LogP contribution in [0.2, 0.25) is 15.1 Å². The highest BCUT2D eigenvalue weighted by Crippen LogP contribution is 2.28. The first-order chi connectivity index (χ1) is 8.97. The van der Waals surface area contributed by atoms with E-state index < -0.39 is 11.6 Å². The third kappa shape index (κ3) is 3.50. The van der Waals surface area contributed by atoms with E-state index in [9.17, 15) is 8.78 Å². The van der Waals surface area contributed by atoms with Crippen molar-refractivity contribution in [3.05, 3.63) is 62.6 Å². The zero-order valence-corrected chi connectivity index (χ0v) is 11.8. The highest BCUT2D eigenvalue weighted by Gasteiger charge is 2.08. The molecule has 0 unspecified atom stereocenters. The lowest BCUT2D eigenvalue weighted by atomic mass is 10.2. The molecule has 0 aliphatic rings. The van der Waals surface area contributed by atoms with Gasteiger partial charge in [-0.3, -0.25) is 0 Å². The van der Waals surface area contributed by atoms with Crippen LogP contribution in [0.4, 0.5) is 14.5 Å². The van der Waals surface area contributed by atoms with Crippen LogP contribution in [0, 0.1) is 11.6 Å². The molecule has 1 nitrogen and oxygen atoms in total. The quantitative estimate of drug-likeness (QED) is 0.732. The Balaban J connectivity index is 2.14. The topological polar surface area (TPSA) is 12.0 Å². The second kappa shape index (κ2) is 5.95. The second-order valence-electron chi connectivity index (χ2n) is 3.84. The molecule has 0 aliphatic heterocycles. The Morgan fingerprint density at radius 1 is 0.895 bits per heavy atom. The Morgan fingerprint density at radius 3 is 2.11 bits per heavy atom. The summed E-state index contributed by atoms with van der Waals surface area (Å²) in [6.07, 6.45) is 0. The number of anilines is 1. The van der Waals surface area contributed by atoms with Gasteiger partial charge in [-0.2, -0.15) is 0 Å². The number of benzene rings is 2. The van der Waals surface area contributed by atoms with E-state index >= 15 is 0 Å². The van der Waals surface area contributed by atoms with E-state index in [1.165, 1.54) is 24.3 Å². The number of hydrogen-bond acceptors (Lipinski definition) is 1. The maximum atomic E-state index is 13.2. The van der Waals surface area contributed by atoms with E-state index in [-0.39, 0.29) is 10.0 Å². The first kappa shape index (κ1) is 14.4. The summed E-state index contributed by atoms with van der Waals surface area (Å²) in [6, 6.07) is 6.94. The summed E-state index contributed by atoms with van der Waals surface area (Å²) in [4.78, 5) is 0. The summed E-state index contributed by atoms with van der Waals surface area (Å²) in [5.74, 6) is -1.06. The monoisotopic (exact) mass is 321 g/mol. The average Bonchev–Trinajstić information content (AvgIpc) is 2.34. The van der Waals surface area contributed by atoms with E-state index in [1.807, 2.05) is 0 Å². The fraction of sp³-hybridized carbons (Fsp3) is 0.0769. The summed E-state index contributed by atoms with van der Waals surface area (Å²) in [7, 11) is 0. The minimum absolute atomic E-state index is 0.0693. The molecule has 19 heavy (non-hydrogen) atoms. The minimum atomic E-state index is -0.659. The van der Waals surface area contributed by atoms with Gasteiger partial charge in [0.2, 0.25) is 0 Å². The molecule has 0 atom stereocenters. The molecule has 0 heterocycles. The average molecular weight is 323 g/mol. The first-order valence-corrected chi connectivity index (χ1v) is 6.43. The molecule has 6 heteroatoms. The van der Waals surface area contributed by atoms with Crippen LogP contribution in [0.15, 0.2) is 30.3 Å². The van der Waals surface area contributed by atoms with Crippen LogP contribution in [-0.2, 0) is 6.54 Å². The molecule has 0 bridgehead atoms. The molecule has 1 N–H and O–H groups in total. The number of hydrogen-bond donors (Lipinski definition) is 1. The maximum Gasteiger partial charge on any atom is 0.160 e. The van der Waals surface area contributed by atoms with Crippen LogP contribution in [0.25, 0.3) is 0 Å². The van der Waals surface area contributed by atoms with Crippen molar-refractivity contribution in [2.75, 3.05) is 5.32 Å². The summed E-state index contributed by atoms with van der Waals surface area (Å²) < 4.78 is 26.1. The molecule has 100 valence electrons. The van der Waals surface area contributed by atoms with Gasteiger partial charge in [0.1, 0.15) is 5.82 Å². The molecule has 0 fully saturated rings. The number of halogens is 5. The highest BCUT2D eigenvalue weighted by molar-refractivity contribution is 6.35. The van der Waals surface area contributed by atoms with E-state index in [0.29, 0.717) is 22.8 Å². The van der Waals surface area contributed by atoms with Gasteiger partial charge in [-0.05, 0) is 29.8 Å². The molecule has 2 aromatic rings. The first-order valence-electron chi connectivity index (χ1n) is 5.29. The molecule has 0 amide bonds. The Labute approximate surface area is 124 Å². The van der Waals surface area contributed by atoms with Crippen LogP contribution in [0.1, 0.15) is 5.56 Å². The van der Waals surface area contributed by atoms with E-state index in [4.69, 9.17) is 34.8 Å². The Bertz CT molecular complexity index is 594. The molecule has 0 aliphatic carbocycles. The van der Waals surface area contributed by atoms with E-state index in [0.717, 1.165) is 0 Å². The fourth-order valence-electron chi connectivity index (χ4n) is 1.52. The van der Waals surface area contributed by atoms with Crippen LogP contribution in [0.5, 0.6) is 0 Å². The molecular weight excluding hydrogens is 315 g/mol. The maximum absolute atomic E-state index is 13.2. The fourth-order valence-corrected chi connectivity index (χ4v) is 2.24. The predicted octanol–water partition coefficient (Wildman–Crippen LogP) is 5.54. The Morgan fingerprint density at radius 2 is 1.53 bits per heavy atom. The molecule has 0 spiro atoms. The number of rotatable bonds is 3. The smallest absolute Gasteiger partial charge is 0.160 e. The van der Waals surface area contributed by atoms with E-state index in [1.54, 1.807) is 6.07 Å². The molecular formula is C13H8Cl3F2N. The van der Waals surface area contributed by atoms with Gasteiger partial charge in [0.25, 0.3) is 0 Å². The molecule has 0 aromatic heterocycles. The molecule has 0 radical (unpaired) electrons. The minimum Gasteiger partial charge on any atom is -0.381 e. The Hall–Kier alpha value is -1.03. The summed E-state index contributed by atoms with van der Waals surface area (Å²) in [6.45, 7) is 0.345. The number of nitrogens with one attached hydrogen (secondary N) is 1. The zero-order valence-electron chi connectivity index (χ0n) is 9.48. The third-order valence-electron chi connectivity index (χ3n) is 2.48. The van der Waals surface area contributed by atoms with Gasteiger partial charge in [-0.1, -0.05) is 40.9 Å². The molecule has 2 rings (SSSR count). The second-order valence-corrected chi connectivity index (χ2v) is 5.06. The van der Waals surface area contributed by atoms with Crippen molar-refractivity contribution in [3.63, 3.8) is 0 Å². The standard InChI is InChI=1S/C13H8Cl3F2N/c14-10-3-8(17)2-1-7(10)6-19-9-4-11(15)13(18)12(16)5-9/h1-5,19H,6H2. The SMILES string of the molecule is Fc1ccc(CNc2cc(Cl)c(F)c(Cl)c2)c(Cl)c1. The summed E-state index contributed by atoms with van der Waals surface area (Å²) in [5.41, 5.74) is 1.26. The molecule has 0 saturated carbocycles. The zero-order chi connectivity index (χ0) is 14.0. The lowest BCUT2D eigenvalue weighted by Gasteiger charge is -2.09. The van der Waals surface area contributed by atoms with Crippen LogP contribution in [0.3, 0.4) is 0 Å². The summed E-state index contributed by atoms with van der Waals surface area (Å²) in [5, 5.41) is 3.16. The lowest BCUT2D eigenvalue weighted by Crippen LogP contribution is -2.01. The van der Waals surface area contributed by atoms with Crippen molar-refractivity contribution in [1.82, 2.24) is 0 Å². The van der Waals surface area contributed by atoms with Crippen LogP contribution in [-0.4, -0.2) is 0 Å². The van der Waals surface area contributed by atoms with E-state index in [2.05, 4.69) is 5.32 Å². The normalized spacial score (nSPS) is 10.6. The van der Waals surface area contributed by atoms with Gasteiger partial charge in [0.05, 0.1) is 10.0 Å². The lowest BCUT2D eigenvalue weighted by molar-refractivity contribution is 0.627. The highest BCUT2D eigenvalue weighted by atomic mass is 35.5. The predicted molar refractivity (Wildman–Crippen MR) is 75.2 cm³/mol.